The van der Waals surface area contributed by atoms with Crippen molar-refractivity contribution in [3.8, 4) is 0 Å². The Morgan fingerprint density at radius 1 is 1.00 bits per heavy atom. The Bertz CT molecular complexity index is 41.5. The van der Waals surface area contributed by atoms with Crippen molar-refractivity contribution in [1.29, 1.82) is 0 Å². The van der Waals surface area contributed by atoms with Gasteiger partial charge in [0, 0.05) is 0 Å². The third-order valence-corrected chi connectivity index (χ3v) is 1.22. The molecule has 6 heteroatoms. The molecule has 0 spiro atoms. The molecule has 6 heavy (non-hydrogen) atoms. The standard InChI is InChI=1S/As2O4/c3-1-5-6-2-4. The van der Waals surface area contributed by atoms with E-state index in [1.165, 1.54) is 0 Å². The van der Waals surface area contributed by atoms with Gasteiger partial charge in [-0.2, -0.15) is 0 Å². The molecule has 0 atom stereocenters. The van der Waals surface area contributed by atoms with Crippen LogP contribution in [0, 0.1) is 0 Å². The second-order valence-corrected chi connectivity index (χ2v) is 1.55. The first-order valence-electron chi connectivity index (χ1n) is 0.897. The molecule has 0 heterocycles. The van der Waals surface area contributed by atoms with Gasteiger partial charge in [-0.1, -0.05) is 0 Å². The fraction of sp³-hybridized carbons (Fsp3) is 0. The summed E-state index contributed by atoms with van der Waals surface area (Å²) in [6.45, 7) is 0. The number of hydrogen-bond donors (Lipinski definition) is 0. The zero-order valence-corrected chi connectivity index (χ0v) is 6.28. The van der Waals surface area contributed by atoms with Crippen LogP contribution >= 0.6 is 0 Å². The topological polar surface area (TPSA) is 52.6 Å². The van der Waals surface area contributed by atoms with E-state index in [0.717, 1.165) is 0 Å². The maximum atomic E-state index is 9.31. The van der Waals surface area contributed by atoms with Gasteiger partial charge in [0.25, 0.3) is 0 Å². The van der Waals surface area contributed by atoms with Crippen LogP contribution in [0.15, 0.2) is 0 Å². The summed E-state index contributed by atoms with van der Waals surface area (Å²) in [6, 6.07) is 0. The van der Waals surface area contributed by atoms with Crippen molar-refractivity contribution >= 4 is 32.1 Å². The maximum absolute atomic E-state index is 9.31. The van der Waals surface area contributed by atoms with Gasteiger partial charge in [-0.25, -0.2) is 0 Å². The van der Waals surface area contributed by atoms with E-state index in [9.17, 15) is 7.48 Å². The van der Waals surface area contributed by atoms with Crippen LogP contribution in [-0.4, -0.2) is 32.1 Å². The molecule has 0 aliphatic rings. The molecule has 0 unspecified atom stereocenters. The molecule has 0 saturated heterocycles. The van der Waals surface area contributed by atoms with Crippen LogP contribution in [-0.2, 0) is 15.2 Å². The monoisotopic (exact) mass is 214 g/mol. The summed E-state index contributed by atoms with van der Waals surface area (Å²) in [5.74, 6) is 0. The summed E-state index contributed by atoms with van der Waals surface area (Å²) < 4.78 is 26.1. The molecule has 0 saturated carbocycles. The molecule has 0 aliphatic heterocycles. The van der Waals surface area contributed by atoms with Crippen LogP contribution in [0.4, 0.5) is 0 Å². The molecule has 0 radical (unpaired) electrons. The normalized spacial score (nSPS) is 10.0. The zero-order chi connectivity index (χ0) is 4.83. The van der Waals surface area contributed by atoms with E-state index in [0.29, 0.717) is 0 Å². The van der Waals surface area contributed by atoms with Gasteiger partial charge in [0.15, 0.2) is 0 Å². The van der Waals surface area contributed by atoms with Gasteiger partial charge in [-0.15, -0.1) is 0 Å². The van der Waals surface area contributed by atoms with Gasteiger partial charge in [-0.3, -0.25) is 0 Å². The Labute approximate surface area is 47.6 Å². The Morgan fingerprint density at radius 3 is 1.50 bits per heavy atom. The average Bonchev–Trinajstić information content (AvgIpc) is 1.61. The first-order chi connectivity index (χ1) is 2.91. The van der Waals surface area contributed by atoms with Gasteiger partial charge in [0.05, 0.1) is 0 Å². The van der Waals surface area contributed by atoms with E-state index in [1.54, 1.807) is 0 Å². The van der Waals surface area contributed by atoms with Gasteiger partial charge >= 0.3 is 47.3 Å². The quantitative estimate of drug-likeness (QED) is 0.258. The minimum absolute atomic E-state index is 1.44. The Morgan fingerprint density at radius 2 is 1.33 bits per heavy atom. The van der Waals surface area contributed by atoms with Crippen LogP contribution < -0.4 is 0 Å². The Balaban J connectivity index is 2.66. The summed E-state index contributed by atoms with van der Waals surface area (Å²) in [7, 11) is 0. The van der Waals surface area contributed by atoms with Crippen LogP contribution in [0.1, 0.15) is 0 Å². The van der Waals surface area contributed by atoms with E-state index in [-0.39, 0.29) is 0 Å². The third-order valence-electron chi connectivity index (χ3n) is 0.0942. The third kappa shape index (κ3) is 4.64. The first kappa shape index (κ1) is 6.64. The van der Waals surface area contributed by atoms with Gasteiger partial charge in [0.1, 0.15) is 0 Å². The second kappa shape index (κ2) is 5.64. The van der Waals surface area contributed by atoms with E-state index >= 15 is 0 Å². The SMILES string of the molecule is O=[As]OO[As]=O. The van der Waals surface area contributed by atoms with Crippen molar-refractivity contribution in [3.05, 3.63) is 0 Å². The summed E-state index contributed by atoms with van der Waals surface area (Å²) in [6.07, 6.45) is 0. The van der Waals surface area contributed by atoms with Crippen LogP contribution in [0.2, 0.25) is 0 Å². The van der Waals surface area contributed by atoms with Crippen molar-refractivity contribution < 1.29 is 15.2 Å². The van der Waals surface area contributed by atoms with Crippen LogP contribution in [0.5, 0.6) is 0 Å². The van der Waals surface area contributed by atoms with E-state index < -0.39 is 32.1 Å². The molecular weight excluding hydrogens is 214 g/mol. The van der Waals surface area contributed by atoms with E-state index in [2.05, 4.69) is 7.75 Å². The van der Waals surface area contributed by atoms with Crippen molar-refractivity contribution in [2.24, 2.45) is 0 Å². The van der Waals surface area contributed by atoms with Crippen molar-refractivity contribution in [2.75, 3.05) is 0 Å². The van der Waals surface area contributed by atoms with Gasteiger partial charge in [-0.05, 0) is 0 Å². The molecule has 0 aromatic rings. The second-order valence-electron chi connectivity index (χ2n) is 0.298. The predicted molar refractivity (Wildman–Crippen MR) is 15.1 cm³/mol. The number of hydrogen-bond acceptors (Lipinski definition) is 4. The molecular formula is As2O4. The minimum atomic E-state index is -1.44. The molecule has 0 aromatic carbocycles. The van der Waals surface area contributed by atoms with Gasteiger partial charge in [0.2, 0.25) is 0 Å². The summed E-state index contributed by atoms with van der Waals surface area (Å²) in [4.78, 5) is 0. The zero-order valence-electron chi connectivity index (χ0n) is 2.53. The van der Waals surface area contributed by atoms with Crippen LogP contribution in [0.25, 0.3) is 0 Å². The Kier molecular flexibility index (Phi) is 6.24. The fourth-order valence-electron chi connectivity index (χ4n) is 0.0272. The molecule has 4 nitrogen and oxygen atoms in total. The summed E-state index contributed by atoms with van der Waals surface area (Å²) >= 11 is -2.87. The average molecular weight is 214 g/mol. The van der Waals surface area contributed by atoms with Crippen molar-refractivity contribution in [1.82, 2.24) is 0 Å². The molecule has 0 amide bonds. The van der Waals surface area contributed by atoms with E-state index in [1.807, 2.05) is 0 Å². The summed E-state index contributed by atoms with van der Waals surface area (Å²) in [5, 5.41) is 0. The Hall–Kier alpha value is 0.637. The fourth-order valence-corrected chi connectivity index (χ4v) is 0.735. The molecule has 34 valence electrons. The molecule has 0 aliphatic carbocycles. The molecule has 0 N–H and O–H groups in total. The number of rotatable bonds is 3. The van der Waals surface area contributed by atoms with Crippen LogP contribution in [0.3, 0.4) is 0 Å². The van der Waals surface area contributed by atoms with Gasteiger partial charge < -0.3 is 0 Å². The van der Waals surface area contributed by atoms with Crippen molar-refractivity contribution in [2.45, 2.75) is 0 Å². The predicted octanol–water partition coefficient (Wildman–Crippen LogP) is -1.14. The molecule has 0 rings (SSSR count). The van der Waals surface area contributed by atoms with Crippen molar-refractivity contribution in [3.63, 3.8) is 0 Å². The van der Waals surface area contributed by atoms with E-state index in [4.69, 9.17) is 0 Å². The first-order valence-corrected chi connectivity index (χ1v) is 3.96. The molecule has 0 fully saturated rings. The molecule has 0 aromatic heterocycles. The molecule has 0 bridgehead atoms. The summed E-state index contributed by atoms with van der Waals surface area (Å²) in [5.41, 5.74) is 0.